The summed E-state index contributed by atoms with van der Waals surface area (Å²) in [6.07, 6.45) is 1.29. The predicted octanol–water partition coefficient (Wildman–Crippen LogP) is -1.65. The Hall–Kier alpha value is 0.0969. The maximum Gasteiger partial charge on any atom is 0.202 e. The summed E-state index contributed by atoms with van der Waals surface area (Å²) in [5.74, 6) is 0. The summed E-state index contributed by atoms with van der Waals surface area (Å²) in [6.45, 7) is 0. The highest BCUT2D eigenvalue weighted by Crippen LogP contribution is 1.71. The van der Waals surface area contributed by atoms with Crippen LogP contribution in [0.4, 0.5) is 0 Å². The molecule has 0 rings (SSSR count). The van der Waals surface area contributed by atoms with Crippen LogP contribution in [-0.4, -0.2) is 28.5 Å². The number of hydrogen-bond acceptors (Lipinski definition) is 3. The van der Waals surface area contributed by atoms with Crippen molar-refractivity contribution in [3.8, 4) is 0 Å². The Labute approximate surface area is 45.4 Å². The van der Waals surface area contributed by atoms with Crippen LogP contribution < -0.4 is 11.5 Å². The van der Waals surface area contributed by atoms with Crippen molar-refractivity contribution < 1.29 is 4.43 Å². The van der Waals surface area contributed by atoms with Gasteiger partial charge in [0.1, 0.15) is 0 Å². The van der Waals surface area contributed by atoms with E-state index in [1.54, 1.807) is 7.11 Å². The van der Waals surface area contributed by atoms with Gasteiger partial charge < -0.3 is 15.9 Å². The molecule has 0 saturated carbocycles. The minimum Gasteiger partial charge on any atom is -0.421 e. The monoisotopic (exact) mass is 120 g/mol. The SMILES string of the molecule is CO[SiH](CN)CN. The van der Waals surface area contributed by atoms with Crippen molar-refractivity contribution in [3.05, 3.63) is 0 Å². The number of rotatable bonds is 3. The van der Waals surface area contributed by atoms with Crippen molar-refractivity contribution in [2.75, 3.05) is 19.4 Å². The Morgan fingerprint density at radius 2 is 1.86 bits per heavy atom. The zero-order valence-electron chi connectivity index (χ0n) is 4.55. The fourth-order valence-corrected chi connectivity index (χ4v) is 0.866. The molecule has 0 spiro atoms. The summed E-state index contributed by atoms with van der Waals surface area (Å²) in [7, 11) is 0.548. The molecule has 0 amide bonds. The molecule has 0 aliphatic rings. The van der Waals surface area contributed by atoms with Crippen molar-refractivity contribution in [3.63, 3.8) is 0 Å². The van der Waals surface area contributed by atoms with Gasteiger partial charge in [0.05, 0.1) is 0 Å². The molecule has 0 aromatic carbocycles. The van der Waals surface area contributed by atoms with Crippen LogP contribution in [0.3, 0.4) is 0 Å². The molecule has 0 bridgehead atoms. The van der Waals surface area contributed by atoms with Gasteiger partial charge >= 0.3 is 0 Å². The second kappa shape index (κ2) is 4.26. The summed E-state index contributed by atoms with van der Waals surface area (Å²) in [5, 5.41) is 0. The summed E-state index contributed by atoms with van der Waals surface area (Å²) in [5.41, 5.74) is 10.5. The third-order valence-electron chi connectivity index (χ3n) is 0.859. The van der Waals surface area contributed by atoms with E-state index in [-0.39, 0.29) is 0 Å². The van der Waals surface area contributed by atoms with Crippen molar-refractivity contribution in [1.82, 2.24) is 0 Å². The van der Waals surface area contributed by atoms with Crippen LogP contribution in [0.25, 0.3) is 0 Å². The van der Waals surface area contributed by atoms with Crippen molar-refractivity contribution >= 4 is 9.04 Å². The second-order valence-corrected chi connectivity index (χ2v) is 3.99. The molecule has 4 heteroatoms. The molecule has 0 aliphatic carbocycles. The minimum atomic E-state index is -1.12. The van der Waals surface area contributed by atoms with Gasteiger partial charge in [0.25, 0.3) is 0 Å². The Morgan fingerprint density at radius 1 is 1.43 bits per heavy atom. The highest BCUT2D eigenvalue weighted by Gasteiger charge is 2.01. The lowest BCUT2D eigenvalue weighted by Gasteiger charge is -2.04. The van der Waals surface area contributed by atoms with E-state index in [2.05, 4.69) is 0 Å². The molecule has 0 radical (unpaired) electrons. The molecular formula is C3H12N2OSi. The number of hydrogen-bond donors (Lipinski definition) is 2. The molecule has 0 atom stereocenters. The van der Waals surface area contributed by atoms with Gasteiger partial charge in [-0.15, -0.1) is 0 Å². The summed E-state index contributed by atoms with van der Waals surface area (Å²) in [6, 6.07) is 0. The fraction of sp³-hybridized carbons (Fsp3) is 1.00. The van der Waals surface area contributed by atoms with Gasteiger partial charge in [-0.1, -0.05) is 0 Å². The molecule has 7 heavy (non-hydrogen) atoms. The van der Waals surface area contributed by atoms with E-state index in [1.807, 2.05) is 0 Å². The zero-order chi connectivity index (χ0) is 5.70. The van der Waals surface area contributed by atoms with Gasteiger partial charge in [0, 0.05) is 19.4 Å². The lowest BCUT2D eigenvalue weighted by Crippen LogP contribution is -2.35. The molecule has 0 aromatic rings. The smallest absolute Gasteiger partial charge is 0.202 e. The summed E-state index contributed by atoms with van der Waals surface area (Å²) < 4.78 is 4.94. The Balaban J connectivity index is 2.99. The van der Waals surface area contributed by atoms with Gasteiger partial charge in [0.15, 0.2) is 0 Å². The lowest BCUT2D eigenvalue weighted by molar-refractivity contribution is 0.420. The maximum atomic E-state index is 5.25. The average molecular weight is 120 g/mol. The third-order valence-corrected chi connectivity index (χ3v) is 2.58. The molecule has 0 unspecified atom stereocenters. The van der Waals surface area contributed by atoms with E-state index in [4.69, 9.17) is 15.9 Å². The van der Waals surface area contributed by atoms with E-state index in [0.29, 0.717) is 12.3 Å². The van der Waals surface area contributed by atoms with Crippen molar-refractivity contribution in [2.24, 2.45) is 11.5 Å². The van der Waals surface area contributed by atoms with Crippen LogP contribution in [0.2, 0.25) is 0 Å². The van der Waals surface area contributed by atoms with Crippen LogP contribution in [0, 0.1) is 0 Å². The molecule has 0 saturated heterocycles. The highest BCUT2D eigenvalue weighted by molar-refractivity contribution is 6.52. The predicted molar refractivity (Wildman–Crippen MR) is 32.3 cm³/mol. The molecule has 0 aliphatic heterocycles. The molecule has 44 valence electrons. The third kappa shape index (κ3) is 2.75. The van der Waals surface area contributed by atoms with Crippen LogP contribution in [-0.2, 0) is 4.43 Å². The molecule has 3 nitrogen and oxygen atoms in total. The van der Waals surface area contributed by atoms with Gasteiger partial charge in [-0.05, 0) is 0 Å². The van der Waals surface area contributed by atoms with Gasteiger partial charge in [-0.25, -0.2) is 0 Å². The fourth-order valence-electron chi connectivity index (χ4n) is 0.289. The lowest BCUT2D eigenvalue weighted by atomic mass is 11.5. The normalized spacial score (nSPS) is 10.3. The average Bonchev–Trinajstić information content (AvgIpc) is 1.72. The van der Waals surface area contributed by atoms with Crippen molar-refractivity contribution in [1.29, 1.82) is 0 Å². The summed E-state index contributed by atoms with van der Waals surface area (Å²) in [4.78, 5) is 0. The molecule has 4 N–H and O–H groups in total. The molecule has 0 aromatic heterocycles. The van der Waals surface area contributed by atoms with Gasteiger partial charge in [0.2, 0.25) is 9.04 Å². The second-order valence-electron chi connectivity index (χ2n) is 1.33. The Bertz CT molecular complexity index is 34.4. The molecule has 0 heterocycles. The molecule has 0 fully saturated rings. The first kappa shape index (κ1) is 7.10. The van der Waals surface area contributed by atoms with Crippen LogP contribution in [0.5, 0.6) is 0 Å². The van der Waals surface area contributed by atoms with Crippen molar-refractivity contribution in [2.45, 2.75) is 0 Å². The van der Waals surface area contributed by atoms with E-state index in [9.17, 15) is 0 Å². The van der Waals surface area contributed by atoms with Gasteiger partial charge in [-0.2, -0.15) is 0 Å². The van der Waals surface area contributed by atoms with E-state index < -0.39 is 9.04 Å². The zero-order valence-corrected chi connectivity index (χ0v) is 5.71. The summed E-state index contributed by atoms with van der Waals surface area (Å²) >= 11 is 0. The van der Waals surface area contributed by atoms with Crippen LogP contribution in [0.15, 0.2) is 0 Å². The highest BCUT2D eigenvalue weighted by atomic mass is 28.3. The topological polar surface area (TPSA) is 61.3 Å². The maximum absolute atomic E-state index is 5.25. The first-order valence-corrected chi connectivity index (χ1v) is 4.38. The van der Waals surface area contributed by atoms with E-state index in [0.717, 1.165) is 0 Å². The first-order chi connectivity index (χ1) is 3.35. The molecular weight excluding hydrogens is 108 g/mol. The Morgan fingerprint density at radius 3 is 1.86 bits per heavy atom. The standard InChI is InChI=1S/C3H12N2OSi/c1-6-7(2-4)3-5/h7H,2-5H2,1H3. The van der Waals surface area contributed by atoms with Gasteiger partial charge in [-0.3, -0.25) is 0 Å². The number of nitrogens with two attached hydrogens (primary N) is 2. The van der Waals surface area contributed by atoms with E-state index >= 15 is 0 Å². The van der Waals surface area contributed by atoms with Crippen LogP contribution in [0.1, 0.15) is 0 Å². The largest absolute Gasteiger partial charge is 0.421 e. The quantitative estimate of drug-likeness (QED) is 0.439. The van der Waals surface area contributed by atoms with Crippen LogP contribution >= 0.6 is 0 Å². The Kier molecular flexibility index (Phi) is 4.32. The van der Waals surface area contributed by atoms with E-state index in [1.165, 1.54) is 0 Å². The minimum absolute atomic E-state index is 0.646. The first-order valence-electron chi connectivity index (χ1n) is 2.28.